The van der Waals surface area contributed by atoms with E-state index in [1.165, 1.54) is 18.4 Å². The minimum absolute atomic E-state index is 0.353. The van der Waals surface area contributed by atoms with Crippen LogP contribution in [0.25, 0.3) is 0 Å². The van der Waals surface area contributed by atoms with Crippen molar-refractivity contribution in [3.8, 4) is 11.5 Å². The molecule has 0 aromatic heterocycles. The monoisotopic (exact) mass is 292 g/mol. The first-order valence-corrected chi connectivity index (χ1v) is 7.85. The second-order valence-corrected chi connectivity index (χ2v) is 5.86. The van der Waals surface area contributed by atoms with E-state index < -0.39 is 0 Å². The molecule has 0 spiro atoms. The summed E-state index contributed by atoms with van der Waals surface area (Å²) in [7, 11) is 3.40. The molecule has 4 heteroatoms. The summed E-state index contributed by atoms with van der Waals surface area (Å²) in [4.78, 5) is 2.55. The zero-order valence-electron chi connectivity index (χ0n) is 13.5. The third-order valence-corrected chi connectivity index (χ3v) is 4.56. The molecule has 0 aliphatic carbocycles. The van der Waals surface area contributed by atoms with E-state index in [2.05, 4.69) is 17.9 Å². The summed E-state index contributed by atoms with van der Waals surface area (Å²) < 4.78 is 10.8. The summed E-state index contributed by atoms with van der Waals surface area (Å²) in [5, 5.41) is 0. The van der Waals surface area contributed by atoms with Crippen molar-refractivity contribution in [3.05, 3.63) is 23.8 Å². The predicted octanol–water partition coefficient (Wildman–Crippen LogP) is 2.83. The molecule has 1 fully saturated rings. The van der Waals surface area contributed by atoms with E-state index >= 15 is 0 Å². The third kappa shape index (κ3) is 3.89. The second-order valence-electron chi connectivity index (χ2n) is 5.86. The Bertz CT molecular complexity index is 448. The number of methoxy groups -OCH3 is 2. The Labute approximate surface area is 128 Å². The average molecular weight is 292 g/mol. The summed E-state index contributed by atoms with van der Waals surface area (Å²) in [5.41, 5.74) is 6.95. The predicted molar refractivity (Wildman–Crippen MR) is 85.9 cm³/mol. The van der Waals surface area contributed by atoms with Crippen molar-refractivity contribution in [1.29, 1.82) is 0 Å². The van der Waals surface area contributed by atoms with Crippen molar-refractivity contribution in [2.75, 3.05) is 33.9 Å². The van der Waals surface area contributed by atoms with E-state index in [4.69, 9.17) is 15.2 Å². The van der Waals surface area contributed by atoms with Crippen LogP contribution in [0.15, 0.2) is 18.2 Å². The van der Waals surface area contributed by atoms with Crippen LogP contribution >= 0.6 is 0 Å². The van der Waals surface area contributed by atoms with Crippen molar-refractivity contribution in [1.82, 2.24) is 4.90 Å². The van der Waals surface area contributed by atoms with Gasteiger partial charge < -0.3 is 15.2 Å². The molecule has 0 amide bonds. The van der Waals surface area contributed by atoms with Crippen LogP contribution in [0.4, 0.5) is 0 Å². The van der Waals surface area contributed by atoms with Crippen molar-refractivity contribution in [2.24, 2.45) is 11.7 Å². The van der Waals surface area contributed by atoms with Crippen LogP contribution < -0.4 is 15.2 Å². The molecule has 2 atom stereocenters. The van der Waals surface area contributed by atoms with Crippen LogP contribution in [0, 0.1) is 5.92 Å². The summed E-state index contributed by atoms with van der Waals surface area (Å²) >= 11 is 0. The third-order valence-electron chi connectivity index (χ3n) is 4.56. The van der Waals surface area contributed by atoms with Gasteiger partial charge in [-0.2, -0.15) is 0 Å². The molecule has 2 N–H and O–H groups in total. The van der Waals surface area contributed by atoms with Gasteiger partial charge in [-0.15, -0.1) is 0 Å². The number of nitrogens with zero attached hydrogens (tertiary/aromatic N) is 1. The van der Waals surface area contributed by atoms with Gasteiger partial charge in [0.1, 0.15) is 11.5 Å². The SMILES string of the molecule is COc1ccc(C(C)N2CCCC(CCN)C2)c(OC)c1. The zero-order chi connectivity index (χ0) is 15.2. The highest BCUT2D eigenvalue weighted by Gasteiger charge is 2.25. The fraction of sp³-hybridized carbons (Fsp3) is 0.647. The normalized spacial score (nSPS) is 21.0. The molecule has 1 aromatic carbocycles. The van der Waals surface area contributed by atoms with Crippen molar-refractivity contribution < 1.29 is 9.47 Å². The Kier molecular flexibility index (Phi) is 5.88. The number of hydrogen-bond acceptors (Lipinski definition) is 4. The van der Waals surface area contributed by atoms with E-state index in [-0.39, 0.29) is 0 Å². The number of benzene rings is 1. The minimum Gasteiger partial charge on any atom is -0.497 e. The lowest BCUT2D eigenvalue weighted by molar-refractivity contribution is 0.126. The largest absolute Gasteiger partial charge is 0.497 e. The fourth-order valence-corrected chi connectivity index (χ4v) is 3.28. The molecule has 0 saturated carbocycles. The lowest BCUT2D eigenvalue weighted by Crippen LogP contribution is -2.38. The minimum atomic E-state index is 0.353. The smallest absolute Gasteiger partial charge is 0.127 e. The topological polar surface area (TPSA) is 47.7 Å². The summed E-state index contributed by atoms with van der Waals surface area (Å²) in [6, 6.07) is 6.45. The van der Waals surface area contributed by atoms with Gasteiger partial charge in [-0.05, 0) is 51.3 Å². The maximum Gasteiger partial charge on any atom is 0.127 e. The second kappa shape index (κ2) is 7.66. The van der Waals surface area contributed by atoms with E-state index in [9.17, 15) is 0 Å². The molecule has 21 heavy (non-hydrogen) atoms. The molecular weight excluding hydrogens is 264 g/mol. The maximum absolute atomic E-state index is 5.72. The standard InChI is InChI=1S/C17H28N2O2/c1-13(19-10-4-5-14(12-19)8-9-18)16-7-6-15(20-2)11-17(16)21-3/h6-7,11,13-14H,4-5,8-10,12,18H2,1-3H3. The maximum atomic E-state index is 5.72. The fourth-order valence-electron chi connectivity index (χ4n) is 3.28. The van der Waals surface area contributed by atoms with Gasteiger partial charge in [0.05, 0.1) is 14.2 Å². The number of nitrogens with two attached hydrogens (primary N) is 1. The van der Waals surface area contributed by atoms with Crippen LogP contribution in [0.2, 0.25) is 0 Å². The molecule has 0 radical (unpaired) electrons. The zero-order valence-corrected chi connectivity index (χ0v) is 13.5. The number of likely N-dealkylation sites (tertiary alicyclic amines) is 1. The van der Waals surface area contributed by atoms with Gasteiger partial charge in [-0.1, -0.05) is 6.07 Å². The molecule has 2 rings (SSSR count). The molecular formula is C17H28N2O2. The first-order valence-electron chi connectivity index (χ1n) is 7.85. The first-order chi connectivity index (χ1) is 10.2. The highest BCUT2D eigenvalue weighted by Crippen LogP contribution is 2.34. The average Bonchev–Trinajstić information content (AvgIpc) is 2.54. The number of rotatable bonds is 6. The van der Waals surface area contributed by atoms with Gasteiger partial charge in [0, 0.05) is 24.2 Å². The van der Waals surface area contributed by atoms with Crippen LogP contribution in [0.3, 0.4) is 0 Å². The van der Waals surface area contributed by atoms with Crippen LogP contribution in [0.1, 0.15) is 37.8 Å². The van der Waals surface area contributed by atoms with Gasteiger partial charge in [-0.3, -0.25) is 4.90 Å². The Morgan fingerprint density at radius 2 is 2.14 bits per heavy atom. The van der Waals surface area contributed by atoms with Crippen molar-refractivity contribution in [3.63, 3.8) is 0 Å². The van der Waals surface area contributed by atoms with E-state index in [1.807, 2.05) is 12.1 Å². The van der Waals surface area contributed by atoms with E-state index in [0.717, 1.165) is 43.5 Å². The Morgan fingerprint density at radius 3 is 2.81 bits per heavy atom. The van der Waals surface area contributed by atoms with Crippen molar-refractivity contribution >= 4 is 0 Å². The lowest BCUT2D eigenvalue weighted by atomic mass is 9.92. The van der Waals surface area contributed by atoms with Gasteiger partial charge in [-0.25, -0.2) is 0 Å². The molecule has 1 aliphatic heterocycles. The summed E-state index contributed by atoms with van der Waals surface area (Å²) in [6.45, 7) is 5.33. The molecule has 2 unspecified atom stereocenters. The Balaban J connectivity index is 2.13. The highest BCUT2D eigenvalue weighted by atomic mass is 16.5. The van der Waals surface area contributed by atoms with E-state index in [1.54, 1.807) is 14.2 Å². The Hall–Kier alpha value is -1.26. The molecule has 1 saturated heterocycles. The highest BCUT2D eigenvalue weighted by molar-refractivity contribution is 5.42. The van der Waals surface area contributed by atoms with Gasteiger partial charge in [0.2, 0.25) is 0 Å². The van der Waals surface area contributed by atoms with E-state index in [0.29, 0.717) is 6.04 Å². The van der Waals surface area contributed by atoms with Crippen LogP contribution in [-0.2, 0) is 0 Å². The summed E-state index contributed by atoms with van der Waals surface area (Å²) in [6.07, 6.45) is 3.69. The molecule has 1 heterocycles. The van der Waals surface area contributed by atoms with Gasteiger partial charge >= 0.3 is 0 Å². The number of hydrogen-bond donors (Lipinski definition) is 1. The van der Waals surface area contributed by atoms with Crippen LogP contribution in [0.5, 0.6) is 11.5 Å². The number of piperidine rings is 1. The molecule has 118 valence electrons. The molecule has 4 nitrogen and oxygen atoms in total. The van der Waals surface area contributed by atoms with Crippen LogP contribution in [-0.4, -0.2) is 38.8 Å². The van der Waals surface area contributed by atoms with Gasteiger partial charge in [0.25, 0.3) is 0 Å². The Morgan fingerprint density at radius 1 is 1.33 bits per heavy atom. The molecule has 1 aliphatic rings. The summed E-state index contributed by atoms with van der Waals surface area (Å²) in [5.74, 6) is 2.47. The number of ether oxygens (including phenoxy) is 2. The molecule has 1 aromatic rings. The molecule has 0 bridgehead atoms. The van der Waals surface area contributed by atoms with Gasteiger partial charge in [0.15, 0.2) is 0 Å². The lowest BCUT2D eigenvalue weighted by Gasteiger charge is -2.37. The first kappa shape index (κ1) is 16.1. The van der Waals surface area contributed by atoms with Crippen molar-refractivity contribution in [2.45, 2.75) is 32.2 Å². The quantitative estimate of drug-likeness (QED) is 0.876.